The summed E-state index contributed by atoms with van der Waals surface area (Å²) in [6, 6.07) is 0.259. The van der Waals surface area contributed by atoms with Crippen LogP contribution in [0.25, 0.3) is 0 Å². The zero-order valence-corrected chi connectivity index (χ0v) is 10.2. The molecule has 0 aromatic heterocycles. The summed E-state index contributed by atoms with van der Waals surface area (Å²) in [6.45, 7) is 4.78. The molecule has 0 heterocycles. The summed E-state index contributed by atoms with van der Waals surface area (Å²) in [5, 5.41) is 3.40. The van der Waals surface area contributed by atoms with Gasteiger partial charge in [0.2, 0.25) is 0 Å². The molecule has 0 radical (unpaired) electrons. The molecular formula is C12H23F2NO. The first kappa shape index (κ1) is 13.8. The van der Waals surface area contributed by atoms with Gasteiger partial charge in [-0.15, -0.1) is 0 Å². The standard InChI is InChI=1S/C12H23F2NO/c1-3-6-15-10-5-4-9(2)7-11(10)16-8-12(13)14/h9-12,15H,3-8H2,1-2H3. The van der Waals surface area contributed by atoms with Crippen molar-refractivity contribution >= 4 is 0 Å². The van der Waals surface area contributed by atoms with Crippen molar-refractivity contribution in [2.75, 3.05) is 13.2 Å². The zero-order valence-electron chi connectivity index (χ0n) is 10.2. The minimum Gasteiger partial charge on any atom is -0.371 e. The monoisotopic (exact) mass is 235 g/mol. The lowest BCUT2D eigenvalue weighted by atomic mass is 9.85. The molecule has 0 aromatic carbocycles. The van der Waals surface area contributed by atoms with Gasteiger partial charge < -0.3 is 10.1 Å². The van der Waals surface area contributed by atoms with Gasteiger partial charge >= 0.3 is 0 Å². The largest absolute Gasteiger partial charge is 0.371 e. The second kappa shape index (κ2) is 7.17. The quantitative estimate of drug-likeness (QED) is 0.764. The van der Waals surface area contributed by atoms with Crippen molar-refractivity contribution in [2.24, 2.45) is 5.92 Å². The third-order valence-corrected chi connectivity index (χ3v) is 3.15. The number of halogens is 2. The lowest BCUT2D eigenvalue weighted by molar-refractivity contribution is -0.0568. The molecule has 2 nitrogen and oxygen atoms in total. The lowest BCUT2D eigenvalue weighted by Gasteiger charge is -2.35. The van der Waals surface area contributed by atoms with Gasteiger partial charge in [-0.2, -0.15) is 0 Å². The van der Waals surface area contributed by atoms with Crippen LogP contribution in [0, 0.1) is 5.92 Å². The first-order chi connectivity index (χ1) is 7.63. The van der Waals surface area contributed by atoms with Crippen LogP contribution in [0.1, 0.15) is 39.5 Å². The van der Waals surface area contributed by atoms with Crippen molar-refractivity contribution in [3.8, 4) is 0 Å². The first-order valence-corrected chi connectivity index (χ1v) is 6.26. The second-order valence-electron chi connectivity index (χ2n) is 4.74. The Balaban J connectivity index is 2.38. The average molecular weight is 235 g/mol. The van der Waals surface area contributed by atoms with Crippen LogP contribution in [-0.2, 0) is 4.74 Å². The van der Waals surface area contributed by atoms with Crippen LogP contribution in [0.4, 0.5) is 8.78 Å². The molecule has 0 bridgehead atoms. The molecule has 4 heteroatoms. The molecule has 0 amide bonds. The molecule has 1 saturated carbocycles. The first-order valence-electron chi connectivity index (χ1n) is 6.26. The smallest absolute Gasteiger partial charge is 0.261 e. The van der Waals surface area contributed by atoms with Crippen molar-refractivity contribution in [2.45, 2.75) is 58.1 Å². The number of rotatable bonds is 6. The Bertz CT molecular complexity index is 188. The average Bonchev–Trinajstić information content (AvgIpc) is 2.25. The second-order valence-corrected chi connectivity index (χ2v) is 4.74. The molecule has 1 N–H and O–H groups in total. The summed E-state index contributed by atoms with van der Waals surface area (Å²) in [5.74, 6) is 0.586. The molecule has 1 aliphatic carbocycles. The van der Waals surface area contributed by atoms with Gasteiger partial charge in [-0.25, -0.2) is 8.78 Å². The highest BCUT2D eigenvalue weighted by molar-refractivity contribution is 4.84. The Hall–Kier alpha value is -0.220. The van der Waals surface area contributed by atoms with Gasteiger partial charge in [-0.05, 0) is 38.1 Å². The molecule has 0 aliphatic heterocycles. The van der Waals surface area contributed by atoms with Crippen LogP contribution >= 0.6 is 0 Å². The van der Waals surface area contributed by atoms with Crippen molar-refractivity contribution in [1.29, 1.82) is 0 Å². The van der Waals surface area contributed by atoms with Gasteiger partial charge in [0.15, 0.2) is 0 Å². The summed E-state index contributed by atoms with van der Waals surface area (Å²) in [7, 11) is 0. The zero-order chi connectivity index (χ0) is 12.0. The molecular weight excluding hydrogens is 212 g/mol. The van der Waals surface area contributed by atoms with Gasteiger partial charge in [0.05, 0.1) is 6.10 Å². The lowest BCUT2D eigenvalue weighted by Crippen LogP contribution is -2.46. The van der Waals surface area contributed by atoms with E-state index in [1.807, 2.05) is 0 Å². The predicted octanol–water partition coefficient (Wildman–Crippen LogP) is 2.82. The van der Waals surface area contributed by atoms with E-state index in [9.17, 15) is 8.78 Å². The topological polar surface area (TPSA) is 21.3 Å². The van der Waals surface area contributed by atoms with E-state index < -0.39 is 13.0 Å². The molecule has 3 atom stereocenters. The van der Waals surface area contributed by atoms with Crippen molar-refractivity contribution in [3.05, 3.63) is 0 Å². The molecule has 0 spiro atoms. The van der Waals surface area contributed by atoms with Gasteiger partial charge in [-0.3, -0.25) is 0 Å². The molecule has 3 unspecified atom stereocenters. The van der Waals surface area contributed by atoms with E-state index in [-0.39, 0.29) is 12.1 Å². The molecule has 1 aliphatic rings. The van der Waals surface area contributed by atoms with Gasteiger partial charge in [0, 0.05) is 6.04 Å². The van der Waals surface area contributed by atoms with Crippen molar-refractivity contribution in [1.82, 2.24) is 5.32 Å². The molecule has 0 aromatic rings. The highest BCUT2D eigenvalue weighted by Gasteiger charge is 2.29. The minimum atomic E-state index is -2.36. The Morgan fingerprint density at radius 3 is 2.75 bits per heavy atom. The number of hydrogen-bond donors (Lipinski definition) is 1. The van der Waals surface area contributed by atoms with E-state index in [1.165, 1.54) is 0 Å². The van der Waals surface area contributed by atoms with Crippen LogP contribution in [0.15, 0.2) is 0 Å². The summed E-state index contributed by atoms with van der Waals surface area (Å²) < 4.78 is 29.6. The number of hydrogen-bond acceptors (Lipinski definition) is 2. The molecule has 96 valence electrons. The minimum absolute atomic E-state index is 0.0377. The van der Waals surface area contributed by atoms with Crippen LogP contribution < -0.4 is 5.32 Å². The van der Waals surface area contributed by atoms with Crippen LogP contribution in [0.3, 0.4) is 0 Å². The van der Waals surface area contributed by atoms with Gasteiger partial charge in [-0.1, -0.05) is 13.8 Å². The predicted molar refractivity (Wildman–Crippen MR) is 60.8 cm³/mol. The fraction of sp³-hybridized carbons (Fsp3) is 1.00. The molecule has 1 fully saturated rings. The number of alkyl halides is 2. The van der Waals surface area contributed by atoms with Gasteiger partial charge in [0.25, 0.3) is 6.43 Å². The van der Waals surface area contributed by atoms with Crippen LogP contribution in [-0.4, -0.2) is 31.7 Å². The highest BCUT2D eigenvalue weighted by Crippen LogP contribution is 2.26. The number of ether oxygens (including phenoxy) is 1. The normalized spacial score (nSPS) is 30.9. The highest BCUT2D eigenvalue weighted by atomic mass is 19.3. The third kappa shape index (κ3) is 4.74. The maximum Gasteiger partial charge on any atom is 0.261 e. The number of nitrogens with one attached hydrogen (secondary N) is 1. The Morgan fingerprint density at radius 1 is 1.38 bits per heavy atom. The third-order valence-electron chi connectivity index (χ3n) is 3.15. The summed E-state index contributed by atoms with van der Waals surface area (Å²) in [4.78, 5) is 0. The molecule has 0 saturated heterocycles. The Kier molecular flexibility index (Phi) is 6.21. The SMILES string of the molecule is CCCNC1CCC(C)CC1OCC(F)F. The summed E-state index contributed by atoms with van der Waals surface area (Å²) in [5.41, 5.74) is 0. The molecule has 1 rings (SSSR count). The van der Waals surface area contributed by atoms with E-state index in [2.05, 4.69) is 19.2 Å². The van der Waals surface area contributed by atoms with E-state index in [1.54, 1.807) is 0 Å². The van der Waals surface area contributed by atoms with E-state index in [0.29, 0.717) is 5.92 Å². The summed E-state index contributed by atoms with van der Waals surface area (Å²) >= 11 is 0. The van der Waals surface area contributed by atoms with Crippen molar-refractivity contribution < 1.29 is 13.5 Å². The fourth-order valence-electron chi connectivity index (χ4n) is 2.27. The molecule has 16 heavy (non-hydrogen) atoms. The van der Waals surface area contributed by atoms with E-state index in [0.717, 1.165) is 32.2 Å². The van der Waals surface area contributed by atoms with Crippen molar-refractivity contribution in [3.63, 3.8) is 0 Å². The fourth-order valence-corrected chi connectivity index (χ4v) is 2.27. The van der Waals surface area contributed by atoms with Crippen LogP contribution in [0.5, 0.6) is 0 Å². The van der Waals surface area contributed by atoms with E-state index >= 15 is 0 Å². The van der Waals surface area contributed by atoms with E-state index in [4.69, 9.17) is 4.74 Å². The maximum atomic E-state index is 12.1. The van der Waals surface area contributed by atoms with Crippen LogP contribution in [0.2, 0.25) is 0 Å². The Labute approximate surface area is 96.7 Å². The summed E-state index contributed by atoms with van der Waals surface area (Å²) in [6.07, 6.45) is 1.76. The Morgan fingerprint density at radius 2 is 2.12 bits per heavy atom. The maximum absolute atomic E-state index is 12.1. The van der Waals surface area contributed by atoms with Gasteiger partial charge in [0.1, 0.15) is 6.61 Å².